The number of aromatic nitrogens is 1. The second kappa shape index (κ2) is 9.19. The largest absolute Gasteiger partial charge is 0.496 e. The van der Waals surface area contributed by atoms with Crippen LogP contribution in [0.5, 0.6) is 5.75 Å². The van der Waals surface area contributed by atoms with Gasteiger partial charge in [0.2, 0.25) is 0 Å². The molecule has 5 rings (SSSR count). The van der Waals surface area contributed by atoms with E-state index in [0.717, 1.165) is 16.9 Å². The van der Waals surface area contributed by atoms with Crippen molar-refractivity contribution in [3.05, 3.63) is 106 Å². The number of non-ortho nitro benzene ring substituents is 1. The van der Waals surface area contributed by atoms with Crippen LogP contribution in [0.4, 0.5) is 11.4 Å². The number of ether oxygens (including phenoxy) is 1. The van der Waals surface area contributed by atoms with Gasteiger partial charge in [-0.25, -0.2) is 0 Å². The molecule has 0 aliphatic carbocycles. The summed E-state index contributed by atoms with van der Waals surface area (Å²) in [6.07, 6.45) is 1.75. The van der Waals surface area contributed by atoms with Crippen molar-refractivity contribution in [2.24, 2.45) is 0 Å². The van der Waals surface area contributed by atoms with Gasteiger partial charge in [0.25, 0.3) is 5.69 Å². The number of thiocarbonyl (C=S) groups is 1. The van der Waals surface area contributed by atoms with Crippen molar-refractivity contribution in [3.8, 4) is 17.1 Å². The lowest BCUT2D eigenvalue weighted by Gasteiger charge is -2.26. The van der Waals surface area contributed by atoms with E-state index in [9.17, 15) is 10.1 Å². The van der Waals surface area contributed by atoms with E-state index in [1.807, 2.05) is 66.4 Å². The van der Waals surface area contributed by atoms with Crippen LogP contribution in [-0.2, 0) is 0 Å². The van der Waals surface area contributed by atoms with Gasteiger partial charge in [-0.3, -0.25) is 15.1 Å². The van der Waals surface area contributed by atoms with E-state index in [-0.39, 0.29) is 17.8 Å². The summed E-state index contributed by atoms with van der Waals surface area (Å²) in [6.45, 7) is 2.04. The molecule has 1 aliphatic heterocycles. The molecule has 1 saturated heterocycles. The van der Waals surface area contributed by atoms with Crippen LogP contribution in [0.2, 0.25) is 0 Å². The first kappa shape index (κ1) is 22.5. The van der Waals surface area contributed by atoms with Crippen molar-refractivity contribution in [2.45, 2.75) is 19.0 Å². The molecule has 4 aromatic rings. The number of anilines is 1. The minimum atomic E-state index is -0.456. The molecule has 0 amide bonds. The summed E-state index contributed by atoms with van der Waals surface area (Å²) in [6, 6.07) is 21.5. The molecular formula is C26H22N4O4S. The number of nitrogens with one attached hydrogen (secondary N) is 1. The van der Waals surface area contributed by atoms with Crippen LogP contribution in [-0.4, -0.2) is 22.1 Å². The molecule has 2 aromatic heterocycles. The smallest absolute Gasteiger partial charge is 0.273 e. The molecule has 0 spiro atoms. The average Bonchev–Trinajstić information content (AvgIpc) is 3.49. The summed E-state index contributed by atoms with van der Waals surface area (Å²) < 4.78 is 11.8. The number of aryl methyl sites for hydroxylation is 1. The molecule has 2 aromatic carbocycles. The molecule has 3 heterocycles. The predicted molar refractivity (Wildman–Crippen MR) is 136 cm³/mol. The molecule has 0 saturated carbocycles. The van der Waals surface area contributed by atoms with E-state index in [1.165, 1.54) is 19.2 Å². The van der Waals surface area contributed by atoms with Gasteiger partial charge in [0, 0.05) is 18.0 Å². The number of nitro benzene ring substituents is 1. The molecule has 0 radical (unpaired) electrons. The van der Waals surface area contributed by atoms with E-state index in [1.54, 1.807) is 12.3 Å². The maximum absolute atomic E-state index is 11.2. The molecule has 1 N–H and O–H groups in total. The summed E-state index contributed by atoms with van der Waals surface area (Å²) in [5.41, 5.74) is 3.48. The van der Waals surface area contributed by atoms with Crippen molar-refractivity contribution in [1.82, 2.24) is 10.3 Å². The van der Waals surface area contributed by atoms with Gasteiger partial charge in [-0.15, -0.1) is 0 Å². The highest BCUT2D eigenvalue weighted by molar-refractivity contribution is 7.80. The quantitative estimate of drug-likeness (QED) is 0.209. The Morgan fingerprint density at radius 3 is 2.60 bits per heavy atom. The maximum Gasteiger partial charge on any atom is 0.273 e. The molecule has 1 fully saturated rings. The summed E-state index contributed by atoms with van der Waals surface area (Å²) >= 11 is 5.75. The Balaban J connectivity index is 1.59. The van der Waals surface area contributed by atoms with E-state index < -0.39 is 4.92 Å². The summed E-state index contributed by atoms with van der Waals surface area (Å²) in [5, 5.41) is 15.2. The Bertz CT molecular complexity index is 1390. The summed E-state index contributed by atoms with van der Waals surface area (Å²) in [5.74, 6) is 1.56. The first-order chi connectivity index (χ1) is 17.0. The summed E-state index contributed by atoms with van der Waals surface area (Å²) in [4.78, 5) is 17.3. The number of benzene rings is 2. The first-order valence-electron chi connectivity index (χ1n) is 11.0. The fourth-order valence-electron chi connectivity index (χ4n) is 4.28. The number of rotatable bonds is 6. The molecule has 0 bridgehead atoms. The summed E-state index contributed by atoms with van der Waals surface area (Å²) in [7, 11) is 1.47. The van der Waals surface area contributed by atoms with Crippen molar-refractivity contribution < 1.29 is 14.1 Å². The molecule has 0 unspecified atom stereocenters. The number of methoxy groups -OCH3 is 1. The second-order valence-corrected chi connectivity index (χ2v) is 8.56. The molecule has 176 valence electrons. The molecule has 1 aliphatic rings. The fourth-order valence-corrected chi connectivity index (χ4v) is 4.63. The van der Waals surface area contributed by atoms with Gasteiger partial charge in [0.15, 0.2) is 5.11 Å². The highest BCUT2D eigenvalue weighted by Crippen LogP contribution is 2.44. The van der Waals surface area contributed by atoms with Crippen LogP contribution in [0.3, 0.4) is 0 Å². The van der Waals surface area contributed by atoms with Gasteiger partial charge in [0.05, 0.1) is 35.4 Å². The van der Waals surface area contributed by atoms with E-state index in [4.69, 9.17) is 21.4 Å². The molecule has 8 nitrogen and oxygen atoms in total. The van der Waals surface area contributed by atoms with Gasteiger partial charge >= 0.3 is 0 Å². The molecular weight excluding hydrogens is 464 g/mol. The van der Waals surface area contributed by atoms with E-state index >= 15 is 0 Å². The number of hydrogen-bond donors (Lipinski definition) is 1. The van der Waals surface area contributed by atoms with Gasteiger partial charge in [-0.1, -0.05) is 23.8 Å². The van der Waals surface area contributed by atoms with Gasteiger partial charge in [-0.2, -0.15) is 0 Å². The Kier molecular flexibility index (Phi) is 5.92. The lowest BCUT2D eigenvalue weighted by Crippen LogP contribution is -2.29. The normalized spacial score (nSPS) is 17.3. The van der Waals surface area contributed by atoms with Crippen LogP contribution < -0.4 is 15.0 Å². The monoisotopic (exact) mass is 486 g/mol. The number of nitrogens with zero attached hydrogens (tertiary/aromatic N) is 3. The van der Waals surface area contributed by atoms with Crippen LogP contribution in [0, 0.1) is 17.0 Å². The first-order valence-corrected chi connectivity index (χ1v) is 11.4. The third kappa shape index (κ3) is 4.22. The maximum atomic E-state index is 11.2. The van der Waals surface area contributed by atoms with Gasteiger partial charge in [-0.05, 0) is 61.6 Å². The minimum Gasteiger partial charge on any atom is -0.496 e. The molecule has 2 atom stereocenters. The van der Waals surface area contributed by atoms with Crippen molar-refractivity contribution in [3.63, 3.8) is 0 Å². The second-order valence-electron chi connectivity index (χ2n) is 8.18. The number of pyridine rings is 1. The third-order valence-corrected chi connectivity index (χ3v) is 6.30. The minimum absolute atomic E-state index is 0.0523. The lowest BCUT2D eigenvalue weighted by molar-refractivity contribution is -0.384. The van der Waals surface area contributed by atoms with Crippen LogP contribution >= 0.6 is 12.2 Å². The van der Waals surface area contributed by atoms with Crippen molar-refractivity contribution in [1.29, 1.82) is 0 Å². The highest BCUT2D eigenvalue weighted by atomic mass is 32.1. The number of hydrogen-bond acceptors (Lipinski definition) is 6. The van der Waals surface area contributed by atoms with Gasteiger partial charge < -0.3 is 19.4 Å². The zero-order chi connectivity index (χ0) is 24.5. The lowest BCUT2D eigenvalue weighted by atomic mass is 10.0. The Morgan fingerprint density at radius 2 is 1.91 bits per heavy atom. The van der Waals surface area contributed by atoms with E-state index in [0.29, 0.717) is 27.9 Å². The topological polar surface area (TPSA) is 93.7 Å². The molecule has 9 heteroatoms. The van der Waals surface area contributed by atoms with Crippen LogP contribution in [0.1, 0.15) is 29.1 Å². The Hall–Kier alpha value is -4.24. The van der Waals surface area contributed by atoms with Gasteiger partial charge in [0.1, 0.15) is 23.3 Å². The van der Waals surface area contributed by atoms with Crippen molar-refractivity contribution >= 4 is 28.7 Å². The SMILES string of the molecule is COc1cc([N+](=O)[O-])ccc1-c1ccc([C@@H]2[C@H](c3ccccn3)NC(=S)N2c2ccc(C)cc2)o1. The van der Waals surface area contributed by atoms with Crippen LogP contribution in [0.15, 0.2) is 83.4 Å². The fraction of sp³-hybridized carbons (Fsp3) is 0.154. The number of furan rings is 1. The zero-order valence-electron chi connectivity index (χ0n) is 19.0. The zero-order valence-corrected chi connectivity index (χ0v) is 19.9. The third-order valence-electron chi connectivity index (χ3n) is 5.99. The Morgan fingerprint density at radius 1 is 1.11 bits per heavy atom. The van der Waals surface area contributed by atoms with E-state index in [2.05, 4.69) is 10.3 Å². The predicted octanol–water partition coefficient (Wildman–Crippen LogP) is 5.74. The number of nitro groups is 1. The van der Waals surface area contributed by atoms with Crippen LogP contribution in [0.25, 0.3) is 11.3 Å². The average molecular weight is 487 g/mol. The van der Waals surface area contributed by atoms with Crippen molar-refractivity contribution in [2.75, 3.05) is 12.0 Å². The Labute approximate surface area is 207 Å². The molecule has 35 heavy (non-hydrogen) atoms. The highest BCUT2D eigenvalue weighted by Gasteiger charge is 2.42. The standard InChI is InChI=1S/C26H22N4O4S/c1-16-6-8-17(9-7-16)29-25(24(28-26(29)35)20-5-3-4-14-27-20)22-13-12-21(34-22)19-11-10-18(30(31)32)15-23(19)33-2/h3-15,24-25H,1-2H3,(H,28,35)/t24-,25+/m0/s1.